The van der Waals surface area contributed by atoms with Gasteiger partial charge in [0.25, 0.3) is 5.91 Å². The summed E-state index contributed by atoms with van der Waals surface area (Å²) in [5.41, 5.74) is 10.1. The van der Waals surface area contributed by atoms with Crippen LogP contribution >= 0.6 is 0 Å². The molecule has 1 fully saturated rings. The van der Waals surface area contributed by atoms with E-state index in [9.17, 15) is 4.79 Å². The Labute approximate surface area is 199 Å². The molecule has 174 valence electrons. The van der Waals surface area contributed by atoms with Gasteiger partial charge in [0.15, 0.2) is 0 Å². The first-order chi connectivity index (χ1) is 16.4. The van der Waals surface area contributed by atoms with Crippen LogP contribution in [0.2, 0.25) is 0 Å². The molecule has 3 N–H and O–H groups in total. The summed E-state index contributed by atoms with van der Waals surface area (Å²) in [5, 5.41) is 3.50. The van der Waals surface area contributed by atoms with Gasteiger partial charge in [-0.2, -0.15) is 0 Å². The second-order valence-corrected chi connectivity index (χ2v) is 8.57. The molecule has 34 heavy (non-hydrogen) atoms. The van der Waals surface area contributed by atoms with Crippen molar-refractivity contribution in [2.24, 2.45) is 4.99 Å². The Kier molecular flexibility index (Phi) is 6.48. The SMILES string of the molecule is CC=N/C=C(\C)C#Cc1c(C(=O)Nc2ccc(COC)cc2)c2c(N)ncnc2n1C1(C)CC1. The zero-order valence-corrected chi connectivity index (χ0v) is 19.8. The van der Waals surface area contributed by atoms with E-state index < -0.39 is 0 Å². The summed E-state index contributed by atoms with van der Waals surface area (Å²) in [7, 11) is 1.65. The van der Waals surface area contributed by atoms with Crippen molar-refractivity contribution >= 4 is 34.7 Å². The molecule has 0 unspecified atom stereocenters. The summed E-state index contributed by atoms with van der Waals surface area (Å²) in [6.07, 6.45) is 6.74. The quantitative estimate of drug-likeness (QED) is 0.426. The van der Waals surface area contributed by atoms with Gasteiger partial charge in [-0.25, -0.2) is 9.97 Å². The number of anilines is 2. The molecule has 3 aromatic rings. The number of nitrogens with one attached hydrogen (secondary N) is 1. The fraction of sp³-hybridized carbons (Fsp3) is 0.308. The summed E-state index contributed by atoms with van der Waals surface area (Å²) < 4.78 is 7.20. The average Bonchev–Trinajstić information content (AvgIpc) is 3.46. The zero-order valence-electron chi connectivity index (χ0n) is 19.8. The third-order valence-corrected chi connectivity index (χ3v) is 5.84. The predicted molar refractivity (Wildman–Crippen MR) is 135 cm³/mol. The van der Waals surface area contributed by atoms with Gasteiger partial charge in [0, 0.05) is 36.3 Å². The van der Waals surface area contributed by atoms with Crippen LogP contribution in [0.1, 0.15) is 55.2 Å². The van der Waals surface area contributed by atoms with E-state index in [2.05, 4.69) is 39.0 Å². The van der Waals surface area contributed by atoms with E-state index in [-0.39, 0.29) is 17.3 Å². The highest BCUT2D eigenvalue weighted by Gasteiger charge is 2.43. The molecule has 1 saturated carbocycles. The maximum absolute atomic E-state index is 13.6. The molecule has 4 rings (SSSR count). The highest BCUT2D eigenvalue weighted by atomic mass is 16.5. The number of nitrogens with zero attached hydrogens (tertiary/aromatic N) is 4. The largest absolute Gasteiger partial charge is 0.383 e. The predicted octanol–water partition coefficient (Wildman–Crippen LogP) is 4.27. The molecule has 1 aliphatic rings. The lowest BCUT2D eigenvalue weighted by molar-refractivity contribution is 0.102. The Morgan fingerprint density at radius 2 is 2.06 bits per heavy atom. The van der Waals surface area contributed by atoms with Gasteiger partial charge in [-0.15, -0.1) is 0 Å². The summed E-state index contributed by atoms with van der Waals surface area (Å²) in [4.78, 5) is 26.4. The fourth-order valence-corrected chi connectivity index (χ4v) is 3.83. The highest BCUT2D eigenvalue weighted by molar-refractivity contribution is 6.16. The minimum absolute atomic E-state index is 0.178. The number of allylic oxidation sites excluding steroid dienone is 1. The number of aliphatic imine (C=N–C) groups is 1. The van der Waals surface area contributed by atoms with Crippen molar-refractivity contribution in [2.75, 3.05) is 18.2 Å². The molecule has 1 aromatic carbocycles. The monoisotopic (exact) mass is 456 g/mol. The van der Waals surface area contributed by atoms with E-state index in [1.165, 1.54) is 6.33 Å². The molecule has 1 amide bonds. The first kappa shape index (κ1) is 23.2. The van der Waals surface area contributed by atoms with Gasteiger partial charge in [-0.05, 0) is 57.2 Å². The molecule has 8 heteroatoms. The molecule has 0 radical (unpaired) electrons. The van der Waals surface area contributed by atoms with Crippen LogP contribution in [0.15, 0.2) is 47.4 Å². The minimum Gasteiger partial charge on any atom is -0.383 e. The van der Waals surface area contributed by atoms with Crippen LogP contribution in [0.3, 0.4) is 0 Å². The number of nitrogens with two attached hydrogens (primary N) is 1. The average molecular weight is 457 g/mol. The lowest BCUT2D eigenvalue weighted by Crippen LogP contribution is -2.18. The van der Waals surface area contributed by atoms with Crippen LogP contribution in [-0.2, 0) is 16.9 Å². The number of benzene rings is 1. The normalized spacial score (nSPS) is 14.8. The van der Waals surface area contributed by atoms with E-state index in [0.29, 0.717) is 34.6 Å². The summed E-state index contributed by atoms with van der Waals surface area (Å²) in [6.45, 7) is 6.36. The number of nitrogen functional groups attached to an aromatic ring is 1. The maximum Gasteiger partial charge on any atom is 0.259 e. The first-order valence-corrected chi connectivity index (χ1v) is 11.1. The van der Waals surface area contributed by atoms with E-state index in [4.69, 9.17) is 10.5 Å². The van der Waals surface area contributed by atoms with Crippen LogP contribution < -0.4 is 11.1 Å². The Balaban J connectivity index is 1.86. The maximum atomic E-state index is 13.6. The zero-order chi connectivity index (χ0) is 24.3. The van der Waals surface area contributed by atoms with Gasteiger partial charge in [-0.3, -0.25) is 9.79 Å². The third-order valence-electron chi connectivity index (χ3n) is 5.84. The van der Waals surface area contributed by atoms with E-state index in [0.717, 1.165) is 24.0 Å². The van der Waals surface area contributed by atoms with Crippen molar-refractivity contribution in [3.05, 3.63) is 59.2 Å². The smallest absolute Gasteiger partial charge is 0.259 e. The first-order valence-electron chi connectivity index (χ1n) is 11.1. The molecule has 2 aromatic heterocycles. The number of methoxy groups -OCH3 is 1. The molecule has 8 nitrogen and oxygen atoms in total. The number of carbonyl (C=O) groups is 1. The van der Waals surface area contributed by atoms with Gasteiger partial charge in [0.05, 0.1) is 17.6 Å². The van der Waals surface area contributed by atoms with Crippen LogP contribution in [0.5, 0.6) is 0 Å². The lowest BCUT2D eigenvalue weighted by Gasteiger charge is -2.14. The number of rotatable bonds is 6. The van der Waals surface area contributed by atoms with Crippen LogP contribution in [0, 0.1) is 11.8 Å². The third kappa shape index (κ3) is 4.56. The van der Waals surface area contributed by atoms with E-state index >= 15 is 0 Å². The molecular weight excluding hydrogens is 428 g/mol. The van der Waals surface area contributed by atoms with Crippen LogP contribution in [0.25, 0.3) is 11.0 Å². The summed E-state index contributed by atoms with van der Waals surface area (Å²) in [5.74, 6) is 6.28. The number of aromatic nitrogens is 3. The molecule has 0 bridgehead atoms. The number of fused-ring (bicyclic) bond motifs is 1. The van der Waals surface area contributed by atoms with Gasteiger partial charge in [0.2, 0.25) is 0 Å². The van der Waals surface area contributed by atoms with Crippen LogP contribution in [-0.4, -0.2) is 33.8 Å². The topological polar surface area (TPSA) is 107 Å². The number of ether oxygens (including phenoxy) is 1. The van der Waals surface area contributed by atoms with E-state index in [1.54, 1.807) is 19.5 Å². The van der Waals surface area contributed by atoms with Gasteiger partial charge in [-0.1, -0.05) is 18.1 Å². The van der Waals surface area contributed by atoms with Crippen LogP contribution in [0.4, 0.5) is 11.5 Å². The minimum atomic E-state index is -0.313. The van der Waals surface area contributed by atoms with Gasteiger partial charge in [0.1, 0.15) is 23.5 Å². The molecule has 0 aliphatic heterocycles. The molecule has 1 aliphatic carbocycles. The second kappa shape index (κ2) is 9.49. The van der Waals surface area contributed by atoms with Gasteiger partial charge < -0.3 is 20.4 Å². The van der Waals surface area contributed by atoms with Crippen molar-refractivity contribution in [1.82, 2.24) is 14.5 Å². The fourth-order valence-electron chi connectivity index (χ4n) is 3.83. The Morgan fingerprint density at radius 3 is 2.71 bits per heavy atom. The van der Waals surface area contributed by atoms with Crippen molar-refractivity contribution in [2.45, 2.75) is 45.8 Å². The molecular formula is C26H28N6O2. The van der Waals surface area contributed by atoms with Gasteiger partial charge >= 0.3 is 0 Å². The Bertz CT molecular complexity index is 1350. The number of carbonyl (C=O) groups excluding carboxylic acids is 1. The molecule has 0 spiro atoms. The lowest BCUT2D eigenvalue weighted by atomic mass is 10.1. The Hall–Kier alpha value is -3.96. The number of amides is 1. The molecule has 0 saturated heterocycles. The van der Waals surface area contributed by atoms with Crippen molar-refractivity contribution in [3.8, 4) is 11.8 Å². The van der Waals surface area contributed by atoms with Crippen molar-refractivity contribution in [1.29, 1.82) is 0 Å². The summed E-state index contributed by atoms with van der Waals surface area (Å²) >= 11 is 0. The second-order valence-electron chi connectivity index (χ2n) is 8.57. The highest BCUT2D eigenvalue weighted by Crippen LogP contribution is 2.47. The number of hydrogen-bond donors (Lipinski definition) is 2. The summed E-state index contributed by atoms with van der Waals surface area (Å²) in [6, 6.07) is 7.51. The van der Waals surface area contributed by atoms with E-state index in [1.807, 2.05) is 42.7 Å². The standard InChI is InChI=1S/C26H28N6O2/c1-5-28-14-17(2)6-11-20-21(25(33)31-19-9-7-18(8-10-19)15-34-4)22-23(27)29-16-30-24(22)32(20)26(3)12-13-26/h5,7-10,14,16H,12-13,15H2,1-4H3,(H,31,33)(H2,27,29,30)/b17-14+,28-5?. The van der Waals surface area contributed by atoms with Crippen molar-refractivity contribution < 1.29 is 9.53 Å². The Morgan fingerprint density at radius 1 is 1.32 bits per heavy atom. The molecule has 2 heterocycles. The number of hydrogen-bond acceptors (Lipinski definition) is 6. The van der Waals surface area contributed by atoms with Crippen molar-refractivity contribution in [3.63, 3.8) is 0 Å². The molecule has 0 atom stereocenters.